The minimum atomic E-state index is -0.892. The van der Waals surface area contributed by atoms with Gasteiger partial charge >= 0.3 is 0 Å². The lowest BCUT2D eigenvalue weighted by molar-refractivity contribution is 0.0532. The number of likely N-dealkylation sites (N-methyl/N-ethyl adjacent to an activating group) is 1. The van der Waals surface area contributed by atoms with Crippen molar-refractivity contribution in [3.8, 4) is 11.3 Å². The fourth-order valence-corrected chi connectivity index (χ4v) is 5.02. The minimum absolute atomic E-state index is 0.0814. The van der Waals surface area contributed by atoms with Gasteiger partial charge in [-0.3, -0.25) is 9.69 Å². The molecule has 1 aliphatic carbocycles. The van der Waals surface area contributed by atoms with Crippen molar-refractivity contribution in [2.75, 3.05) is 18.9 Å². The van der Waals surface area contributed by atoms with Gasteiger partial charge in [-0.1, -0.05) is 24.3 Å². The molecule has 1 aliphatic heterocycles. The third-order valence-corrected chi connectivity index (χ3v) is 7.14. The van der Waals surface area contributed by atoms with Crippen molar-refractivity contribution >= 4 is 22.6 Å². The van der Waals surface area contributed by atoms with Crippen molar-refractivity contribution in [3.63, 3.8) is 0 Å². The summed E-state index contributed by atoms with van der Waals surface area (Å²) in [6.45, 7) is 6.43. The normalized spacial score (nSPS) is 22.3. The molecule has 3 heterocycles. The average Bonchev–Trinajstić information content (AvgIpc) is 3.25. The van der Waals surface area contributed by atoms with Crippen molar-refractivity contribution in [3.05, 3.63) is 54.2 Å². The molecule has 1 atom stereocenters. The number of anilines is 1. The van der Waals surface area contributed by atoms with Crippen molar-refractivity contribution in [2.45, 2.75) is 70.4 Å². The first-order valence-electron chi connectivity index (χ1n) is 13.0. The Morgan fingerprint density at radius 3 is 2.51 bits per heavy atom. The SMILES string of the molecule is CCNc1cc2c(cn1)c(-c1ccc(C(C)(C)O)cc1)nn2C1CCC(OC2=NN(C)C(O)C=C2)CC1. The maximum Gasteiger partial charge on any atom is 0.230 e. The van der Waals surface area contributed by atoms with Crippen molar-refractivity contribution < 1.29 is 14.9 Å². The smallest absolute Gasteiger partial charge is 0.230 e. The molecule has 1 unspecified atom stereocenters. The maximum atomic E-state index is 10.4. The van der Waals surface area contributed by atoms with Gasteiger partial charge in [0.25, 0.3) is 0 Å². The van der Waals surface area contributed by atoms with Gasteiger partial charge in [-0.05, 0) is 58.1 Å². The number of hydrogen-bond acceptors (Lipinski definition) is 8. The minimum Gasteiger partial charge on any atom is -0.473 e. The summed E-state index contributed by atoms with van der Waals surface area (Å²) in [6, 6.07) is 10.3. The van der Waals surface area contributed by atoms with Crippen molar-refractivity contribution in [1.82, 2.24) is 19.8 Å². The summed E-state index contributed by atoms with van der Waals surface area (Å²) in [5, 5.41) is 35.4. The van der Waals surface area contributed by atoms with E-state index in [1.54, 1.807) is 33.0 Å². The Morgan fingerprint density at radius 1 is 1.14 bits per heavy atom. The second kappa shape index (κ2) is 10.1. The van der Waals surface area contributed by atoms with Crippen molar-refractivity contribution in [1.29, 1.82) is 0 Å². The van der Waals surface area contributed by atoms with Gasteiger partial charge in [0.05, 0.1) is 17.2 Å². The van der Waals surface area contributed by atoms with E-state index in [0.29, 0.717) is 5.90 Å². The molecule has 2 aliphatic rings. The first-order chi connectivity index (χ1) is 17.7. The van der Waals surface area contributed by atoms with E-state index >= 15 is 0 Å². The van der Waals surface area contributed by atoms with Crippen LogP contribution in [-0.2, 0) is 10.3 Å². The van der Waals surface area contributed by atoms with Gasteiger partial charge in [-0.15, -0.1) is 5.10 Å². The highest BCUT2D eigenvalue weighted by Crippen LogP contribution is 2.37. The Morgan fingerprint density at radius 2 is 1.86 bits per heavy atom. The molecule has 5 rings (SSSR count). The van der Waals surface area contributed by atoms with Gasteiger partial charge in [-0.2, -0.15) is 5.10 Å². The largest absolute Gasteiger partial charge is 0.473 e. The lowest BCUT2D eigenvalue weighted by Gasteiger charge is -2.30. The monoisotopic (exact) mass is 504 g/mol. The molecule has 2 aromatic heterocycles. The van der Waals surface area contributed by atoms with Crippen LogP contribution in [0.5, 0.6) is 0 Å². The summed E-state index contributed by atoms with van der Waals surface area (Å²) in [4.78, 5) is 4.62. The summed E-state index contributed by atoms with van der Waals surface area (Å²) in [7, 11) is 1.73. The summed E-state index contributed by atoms with van der Waals surface area (Å²) in [5.74, 6) is 1.38. The van der Waals surface area contributed by atoms with Gasteiger partial charge in [0.2, 0.25) is 5.90 Å². The zero-order chi connectivity index (χ0) is 26.2. The number of fused-ring (bicyclic) bond motifs is 1. The quantitative estimate of drug-likeness (QED) is 0.457. The summed E-state index contributed by atoms with van der Waals surface area (Å²) in [5.41, 5.74) is 2.93. The number of hydrogen-bond donors (Lipinski definition) is 3. The van der Waals surface area contributed by atoms with Crippen LogP contribution >= 0.6 is 0 Å². The van der Waals surface area contributed by atoms with Gasteiger partial charge < -0.3 is 20.3 Å². The molecule has 0 bridgehead atoms. The van der Waals surface area contributed by atoms with Crippen LogP contribution in [0.15, 0.2) is 53.8 Å². The third kappa shape index (κ3) is 5.33. The molecule has 3 aromatic rings. The number of ether oxygens (including phenoxy) is 1. The number of aliphatic hydroxyl groups is 2. The van der Waals surface area contributed by atoms with Crippen LogP contribution in [0.1, 0.15) is 58.1 Å². The van der Waals surface area contributed by atoms with Crippen LogP contribution in [0.3, 0.4) is 0 Å². The summed E-state index contributed by atoms with van der Waals surface area (Å²) in [6.07, 6.45) is 8.36. The Bertz CT molecular complexity index is 1300. The molecular weight excluding hydrogens is 468 g/mol. The Balaban J connectivity index is 1.40. The predicted octanol–water partition coefficient (Wildman–Crippen LogP) is 4.39. The first kappa shape index (κ1) is 25.2. The first-order valence-corrected chi connectivity index (χ1v) is 13.0. The van der Waals surface area contributed by atoms with Gasteiger partial charge in [0.1, 0.15) is 17.6 Å². The lowest BCUT2D eigenvalue weighted by Crippen LogP contribution is -2.32. The molecule has 9 heteroatoms. The molecule has 1 saturated carbocycles. The molecule has 1 fully saturated rings. The second-order valence-corrected chi connectivity index (χ2v) is 10.4. The molecule has 0 amide bonds. The highest BCUT2D eigenvalue weighted by molar-refractivity contribution is 5.94. The lowest BCUT2D eigenvalue weighted by atomic mass is 9.93. The fraction of sp³-hybridized carbons (Fsp3) is 0.464. The van der Waals surface area contributed by atoms with Gasteiger partial charge in [0, 0.05) is 42.9 Å². The van der Waals surface area contributed by atoms with Gasteiger partial charge in [0.15, 0.2) is 6.23 Å². The van der Waals surface area contributed by atoms with E-state index in [1.165, 1.54) is 5.01 Å². The Kier molecular flexibility index (Phi) is 6.92. The zero-order valence-electron chi connectivity index (χ0n) is 21.9. The zero-order valence-corrected chi connectivity index (χ0v) is 21.9. The van der Waals surface area contributed by atoms with Crippen LogP contribution in [0, 0.1) is 0 Å². The molecule has 0 spiro atoms. The van der Waals surface area contributed by atoms with Crippen LogP contribution in [0.4, 0.5) is 5.82 Å². The molecule has 0 saturated heterocycles. The number of nitrogens with zero attached hydrogens (tertiary/aromatic N) is 5. The molecule has 9 nitrogen and oxygen atoms in total. The predicted molar refractivity (Wildman–Crippen MR) is 145 cm³/mol. The Labute approximate surface area is 217 Å². The standard InChI is InChI=1S/C28H36N6O3/c1-5-29-24-16-23-22(17-30-24)27(18-6-8-19(9-7-18)28(2,3)36)32-34(23)20-10-12-21(13-11-20)37-25-14-15-26(35)33(4)31-25/h6-9,14-17,20-21,26,35-36H,5,10-13H2,1-4H3,(H,29,30). The number of benzene rings is 1. The molecule has 3 N–H and O–H groups in total. The molecule has 1 aromatic carbocycles. The Hall–Kier alpha value is -3.43. The number of hydrazone groups is 1. The summed E-state index contributed by atoms with van der Waals surface area (Å²) >= 11 is 0. The molecular formula is C28H36N6O3. The number of nitrogens with one attached hydrogen (secondary N) is 1. The topological polar surface area (TPSA) is 108 Å². The number of aromatic nitrogens is 3. The van der Waals surface area contributed by atoms with Crippen molar-refractivity contribution in [2.24, 2.45) is 5.10 Å². The molecule has 196 valence electrons. The fourth-order valence-electron chi connectivity index (χ4n) is 5.02. The van der Waals surface area contributed by atoms with E-state index in [4.69, 9.17) is 9.84 Å². The van der Waals surface area contributed by atoms with Crippen LogP contribution in [0.2, 0.25) is 0 Å². The van der Waals surface area contributed by atoms with Gasteiger partial charge in [-0.25, -0.2) is 4.98 Å². The highest BCUT2D eigenvalue weighted by atomic mass is 16.5. The van der Waals surface area contributed by atoms with Crippen LogP contribution in [-0.4, -0.2) is 61.8 Å². The maximum absolute atomic E-state index is 10.4. The number of rotatable bonds is 6. The van der Waals surface area contributed by atoms with E-state index in [1.807, 2.05) is 30.5 Å². The van der Waals surface area contributed by atoms with Crippen LogP contribution in [0.25, 0.3) is 22.2 Å². The summed E-state index contributed by atoms with van der Waals surface area (Å²) < 4.78 is 8.29. The van der Waals surface area contributed by atoms with E-state index in [2.05, 4.69) is 33.1 Å². The van der Waals surface area contributed by atoms with E-state index in [0.717, 1.165) is 65.8 Å². The average molecular weight is 505 g/mol. The highest BCUT2D eigenvalue weighted by Gasteiger charge is 2.28. The molecule has 37 heavy (non-hydrogen) atoms. The molecule has 0 radical (unpaired) electrons. The van der Waals surface area contributed by atoms with E-state index < -0.39 is 11.8 Å². The van der Waals surface area contributed by atoms with Crippen LogP contribution < -0.4 is 5.32 Å². The number of aliphatic hydroxyl groups excluding tert-OH is 1. The second-order valence-electron chi connectivity index (χ2n) is 10.4. The number of pyridine rings is 1. The third-order valence-electron chi connectivity index (χ3n) is 7.14. The van der Waals surface area contributed by atoms with E-state index in [-0.39, 0.29) is 12.1 Å². The van der Waals surface area contributed by atoms with E-state index in [9.17, 15) is 10.2 Å².